The van der Waals surface area contributed by atoms with E-state index in [0.29, 0.717) is 24.1 Å². The Kier molecular flexibility index (Phi) is 4.93. The van der Waals surface area contributed by atoms with Crippen LogP contribution in [0.3, 0.4) is 0 Å². The lowest BCUT2D eigenvalue weighted by Crippen LogP contribution is -2.23. The Morgan fingerprint density at radius 1 is 1.08 bits per heavy atom. The fraction of sp³-hybridized carbons (Fsp3) is 0.250. The quantitative estimate of drug-likeness (QED) is 0.621. The number of benzene rings is 2. The summed E-state index contributed by atoms with van der Waals surface area (Å²) in [5.41, 5.74) is 2.50. The molecule has 0 unspecified atom stereocenters. The average molecular weight is 337 g/mol. The lowest BCUT2D eigenvalue weighted by Gasteiger charge is -2.15. The number of anilines is 1. The van der Waals surface area contributed by atoms with E-state index in [1.807, 2.05) is 19.1 Å². The molecule has 0 bridgehead atoms. The predicted octanol–water partition coefficient (Wildman–Crippen LogP) is 3.16. The van der Waals surface area contributed by atoms with Crippen molar-refractivity contribution in [3.05, 3.63) is 65.2 Å². The lowest BCUT2D eigenvalue weighted by molar-refractivity contribution is -0.117. The third kappa shape index (κ3) is 3.76. The van der Waals surface area contributed by atoms with Gasteiger partial charge in [0, 0.05) is 24.2 Å². The van der Waals surface area contributed by atoms with Crippen LogP contribution >= 0.6 is 0 Å². The molecule has 3 rings (SSSR count). The molecule has 0 atom stereocenters. The first-order valence-electron chi connectivity index (χ1n) is 8.22. The molecule has 1 heterocycles. The molecule has 1 aliphatic rings. The monoisotopic (exact) mass is 337 g/mol. The number of ether oxygens (including phenoxy) is 1. The minimum atomic E-state index is -0.509. The van der Waals surface area contributed by atoms with Crippen LogP contribution in [0.5, 0.6) is 0 Å². The largest absolute Gasteiger partial charge is 0.454 e. The van der Waals surface area contributed by atoms with Crippen LogP contribution < -0.4 is 4.90 Å². The summed E-state index contributed by atoms with van der Waals surface area (Å²) in [7, 11) is 0. The SMILES string of the molecule is Cc1ccccc1C(=O)OCC(=O)c1ccc(N2CCCC2=O)cc1. The summed E-state index contributed by atoms with van der Waals surface area (Å²) in [5, 5.41) is 0. The summed E-state index contributed by atoms with van der Waals surface area (Å²) in [6.45, 7) is 2.21. The molecule has 5 heteroatoms. The number of rotatable bonds is 5. The van der Waals surface area contributed by atoms with Crippen LogP contribution in [0.25, 0.3) is 0 Å². The number of Topliss-reactive ketones (excluding diaryl/α,β-unsaturated/α-hetero) is 1. The van der Waals surface area contributed by atoms with Crippen LogP contribution in [-0.4, -0.2) is 30.8 Å². The zero-order valence-electron chi connectivity index (χ0n) is 14.0. The van der Waals surface area contributed by atoms with Gasteiger partial charge in [0.15, 0.2) is 12.4 Å². The minimum absolute atomic E-state index is 0.103. The molecule has 0 radical (unpaired) electrons. The first-order chi connectivity index (χ1) is 12.1. The molecule has 1 fully saturated rings. The van der Waals surface area contributed by atoms with Gasteiger partial charge in [-0.1, -0.05) is 18.2 Å². The van der Waals surface area contributed by atoms with Gasteiger partial charge in [-0.3, -0.25) is 9.59 Å². The maximum Gasteiger partial charge on any atom is 0.338 e. The van der Waals surface area contributed by atoms with Gasteiger partial charge in [-0.2, -0.15) is 0 Å². The van der Waals surface area contributed by atoms with Gasteiger partial charge < -0.3 is 9.64 Å². The van der Waals surface area contributed by atoms with Crippen LogP contribution in [0.4, 0.5) is 5.69 Å². The third-order valence-electron chi connectivity index (χ3n) is 4.27. The van der Waals surface area contributed by atoms with E-state index in [2.05, 4.69) is 0 Å². The standard InChI is InChI=1S/C20H19NO4/c1-14-5-2-3-6-17(14)20(24)25-13-18(22)15-8-10-16(11-9-15)21-12-4-7-19(21)23/h2-3,5-6,8-11H,4,7,12-13H2,1H3. The normalized spacial score (nSPS) is 13.8. The highest BCUT2D eigenvalue weighted by molar-refractivity contribution is 6.00. The number of ketones is 1. The summed E-state index contributed by atoms with van der Waals surface area (Å²) >= 11 is 0. The topological polar surface area (TPSA) is 63.7 Å². The zero-order chi connectivity index (χ0) is 17.8. The van der Waals surface area contributed by atoms with Crippen molar-refractivity contribution in [2.75, 3.05) is 18.1 Å². The Labute approximate surface area is 146 Å². The summed E-state index contributed by atoms with van der Waals surface area (Å²) in [5.74, 6) is -0.682. The Hall–Kier alpha value is -2.95. The number of carbonyl (C=O) groups is 3. The van der Waals surface area contributed by atoms with Crippen molar-refractivity contribution in [2.24, 2.45) is 0 Å². The van der Waals surface area contributed by atoms with E-state index in [4.69, 9.17) is 4.74 Å². The van der Waals surface area contributed by atoms with Crippen molar-refractivity contribution in [3.63, 3.8) is 0 Å². The van der Waals surface area contributed by atoms with Crippen LogP contribution in [-0.2, 0) is 9.53 Å². The fourth-order valence-electron chi connectivity index (χ4n) is 2.84. The second kappa shape index (κ2) is 7.30. The number of aryl methyl sites for hydroxylation is 1. The van der Waals surface area contributed by atoms with Gasteiger partial charge in [0.1, 0.15) is 0 Å². The second-order valence-corrected chi connectivity index (χ2v) is 6.01. The van der Waals surface area contributed by atoms with E-state index in [9.17, 15) is 14.4 Å². The number of hydrogen-bond acceptors (Lipinski definition) is 4. The minimum Gasteiger partial charge on any atom is -0.454 e. The highest BCUT2D eigenvalue weighted by atomic mass is 16.5. The maximum atomic E-state index is 12.2. The third-order valence-corrected chi connectivity index (χ3v) is 4.27. The molecule has 0 aliphatic carbocycles. The van der Waals surface area contributed by atoms with E-state index in [1.165, 1.54) is 0 Å². The molecule has 0 aromatic heterocycles. The summed E-state index contributed by atoms with van der Waals surface area (Å²) in [6, 6.07) is 13.9. The van der Waals surface area contributed by atoms with E-state index < -0.39 is 5.97 Å². The van der Waals surface area contributed by atoms with Crippen molar-refractivity contribution >= 4 is 23.3 Å². The van der Waals surface area contributed by atoms with Gasteiger partial charge in [-0.15, -0.1) is 0 Å². The van der Waals surface area contributed by atoms with E-state index in [1.54, 1.807) is 41.3 Å². The molecule has 0 spiro atoms. The highest BCUT2D eigenvalue weighted by Gasteiger charge is 2.21. The van der Waals surface area contributed by atoms with Crippen molar-refractivity contribution < 1.29 is 19.1 Å². The molecule has 0 saturated carbocycles. The molecule has 0 N–H and O–H groups in total. The molecule has 25 heavy (non-hydrogen) atoms. The Bertz CT molecular complexity index is 811. The van der Waals surface area contributed by atoms with E-state index >= 15 is 0 Å². The number of amides is 1. The summed E-state index contributed by atoms with van der Waals surface area (Å²) in [6.07, 6.45) is 1.42. The van der Waals surface area contributed by atoms with Gasteiger partial charge in [-0.05, 0) is 49.2 Å². The van der Waals surface area contributed by atoms with Gasteiger partial charge in [0.25, 0.3) is 0 Å². The molecule has 2 aromatic rings. The number of carbonyl (C=O) groups excluding carboxylic acids is 3. The Morgan fingerprint density at radius 3 is 2.44 bits per heavy atom. The van der Waals surface area contributed by atoms with Crippen LogP contribution in [0, 0.1) is 6.92 Å². The van der Waals surface area contributed by atoms with Crippen LogP contribution in [0.15, 0.2) is 48.5 Å². The maximum absolute atomic E-state index is 12.2. The van der Waals surface area contributed by atoms with Crippen LogP contribution in [0.1, 0.15) is 39.1 Å². The van der Waals surface area contributed by atoms with Crippen LogP contribution in [0.2, 0.25) is 0 Å². The molecular formula is C20H19NO4. The number of hydrogen-bond donors (Lipinski definition) is 0. The molecule has 2 aromatic carbocycles. The number of esters is 1. The van der Waals surface area contributed by atoms with E-state index in [0.717, 1.165) is 17.7 Å². The van der Waals surface area contributed by atoms with Gasteiger partial charge in [-0.25, -0.2) is 4.79 Å². The van der Waals surface area contributed by atoms with Crippen molar-refractivity contribution in [3.8, 4) is 0 Å². The predicted molar refractivity (Wildman–Crippen MR) is 93.8 cm³/mol. The molecular weight excluding hydrogens is 318 g/mol. The Morgan fingerprint density at radius 2 is 1.80 bits per heavy atom. The zero-order valence-corrected chi connectivity index (χ0v) is 14.0. The lowest BCUT2D eigenvalue weighted by atomic mass is 10.1. The molecule has 1 aliphatic heterocycles. The molecule has 5 nitrogen and oxygen atoms in total. The van der Waals surface area contributed by atoms with Crippen molar-refractivity contribution in [1.29, 1.82) is 0 Å². The summed E-state index contributed by atoms with van der Waals surface area (Å²) < 4.78 is 5.12. The van der Waals surface area contributed by atoms with Crippen molar-refractivity contribution in [2.45, 2.75) is 19.8 Å². The molecule has 1 saturated heterocycles. The second-order valence-electron chi connectivity index (χ2n) is 6.01. The summed E-state index contributed by atoms with van der Waals surface area (Å²) in [4.78, 5) is 37.7. The molecule has 128 valence electrons. The van der Waals surface area contributed by atoms with Crippen molar-refractivity contribution in [1.82, 2.24) is 0 Å². The van der Waals surface area contributed by atoms with Gasteiger partial charge in [0.2, 0.25) is 5.91 Å². The van der Waals surface area contributed by atoms with Gasteiger partial charge in [0.05, 0.1) is 5.56 Å². The van der Waals surface area contributed by atoms with E-state index in [-0.39, 0.29) is 18.3 Å². The molecule has 1 amide bonds. The fourth-order valence-corrected chi connectivity index (χ4v) is 2.84. The highest BCUT2D eigenvalue weighted by Crippen LogP contribution is 2.21. The first kappa shape index (κ1) is 16.9. The number of nitrogens with zero attached hydrogens (tertiary/aromatic N) is 1. The smallest absolute Gasteiger partial charge is 0.338 e. The average Bonchev–Trinajstić information content (AvgIpc) is 3.06. The Balaban J connectivity index is 1.61. The first-order valence-corrected chi connectivity index (χ1v) is 8.22. The van der Waals surface area contributed by atoms with Gasteiger partial charge >= 0.3 is 5.97 Å².